The van der Waals surface area contributed by atoms with Crippen LogP contribution in [0.25, 0.3) is 0 Å². The van der Waals surface area contributed by atoms with Crippen LogP contribution in [-0.4, -0.2) is 49.8 Å². The van der Waals surface area contributed by atoms with Crippen molar-refractivity contribution in [2.45, 2.75) is 24.5 Å². The first kappa shape index (κ1) is 11.2. The molecular formula is C9H12N2O5. The van der Waals surface area contributed by atoms with Crippen molar-refractivity contribution in [3.63, 3.8) is 0 Å². The lowest BCUT2D eigenvalue weighted by atomic mass is 10.1. The normalized spacial score (nSPS) is 34.2. The number of aliphatic hydroxyl groups excluding tert-OH is 3. The second kappa shape index (κ2) is 4.30. The Labute approximate surface area is 90.6 Å². The Bertz CT molecular complexity index is 420. The van der Waals surface area contributed by atoms with Gasteiger partial charge in [0.05, 0.1) is 12.9 Å². The van der Waals surface area contributed by atoms with Crippen molar-refractivity contribution in [1.82, 2.24) is 9.55 Å². The van der Waals surface area contributed by atoms with Gasteiger partial charge in [-0.2, -0.15) is 0 Å². The molecule has 0 aromatic carbocycles. The van der Waals surface area contributed by atoms with Gasteiger partial charge < -0.3 is 20.1 Å². The molecule has 0 aliphatic carbocycles. The molecule has 0 radical (unpaired) electrons. The Morgan fingerprint density at radius 3 is 2.75 bits per heavy atom. The minimum Gasteiger partial charge on any atom is -0.394 e. The smallest absolute Gasteiger partial charge is 0.255 e. The second-order valence-corrected chi connectivity index (χ2v) is 3.55. The summed E-state index contributed by atoms with van der Waals surface area (Å²) in [4.78, 5) is 15.2. The molecular weight excluding hydrogens is 216 g/mol. The summed E-state index contributed by atoms with van der Waals surface area (Å²) in [6, 6.07) is 1.22. The van der Waals surface area contributed by atoms with Gasteiger partial charge in [-0.25, -0.2) is 4.98 Å². The summed E-state index contributed by atoms with van der Waals surface area (Å²) in [5.41, 5.74) is -0.398. The molecule has 1 fully saturated rings. The maximum Gasteiger partial charge on any atom is 0.255 e. The molecule has 1 saturated heterocycles. The van der Waals surface area contributed by atoms with Crippen molar-refractivity contribution >= 4 is 0 Å². The zero-order chi connectivity index (χ0) is 11.7. The van der Waals surface area contributed by atoms with Gasteiger partial charge in [0.1, 0.15) is 18.3 Å². The lowest BCUT2D eigenvalue weighted by molar-refractivity contribution is -0.0548. The molecule has 2 rings (SSSR count). The molecule has 16 heavy (non-hydrogen) atoms. The van der Waals surface area contributed by atoms with Crippen molar-refractivity contribution < 1.29 is 20.1 Å². The Balaban J connectivity index is 2.30. The number of aromatic nitrogens is 2. The second-order valence-electron chi connectivity index (χ2n) is 3.55. The van der Waals surface area contributed by atoms with Crippen molar-refractivity contribution in [1.29, 1.82) is 0 Å². The molecule has 1 aromatic heterocycles. The van der Waals surface area contributed by atoms with Gasteiger partial charge in [0, 0.05) is 12.3 Å². The predicted octanol–water partition coefficient (Wildman–Crippen LogP) is -2.15. The molecule has 1 aromatic rings. The van der Waals surface area contributed by atoms with Crippen LogP contribution in [0.3, 0.4) is 0 Å². The van der Waals surface area contributed by atoms with Crippen molar-refractivity contribution in [3.05, 3.63) is 28.9 Å². The van der Waals surface area contributed by atoms with Gasteiger partial charge in [0.15, 0.2) is 6.23 Å². The standard InChI is InChI=1S/C9H12N2O5/c12-3-5-7(14)8(15)9(16-5)11-4-10-2-1-6(11)13/h1-2,4-5,7-9,12,14-15H,3H2/t5-,7-,8-,9-/m1/s1. The average Bonchev–Trinajstić information content (AvgIpc) is 2.57. The van der Waals surface area contributed by atoms with Crippen molar-refractivity contribution in [2.24, 2.45) is 0 Å². The summed E-state index contributed by atoms with van der Waals surface area (Å²) in [5, 5.41) is 28.1. The zero-order valence-corrected chi connectivity index (χ0v) is 8.30. The molecule has 88 valence electrons. The molecule has 7 heteroatoms. The number of aliphatic hydroxyl groups is 3. The fraction of sp³-hybridized carbons (Fsp3) is 0.556. The first-order valence-electron chi connectivity index (χ1n) is 4.79. The Hall–Kier alpha value is -1.28. The van der Waals surface area contributed by atoms with Crippen LogP contribution in [0.5, 0.6) is 0 Å². The first-order chi connectivity index (χ1) is 7.65. The minimum absolute atomic E-state index is 0.398. The number of hydrogen-bond acceptors (Lipinski definition) is 6. The molecule has 3 N–H and O–H groups in total. The van der Waals surface area contributed by atoms with E-state index in [0.717, 1.165) is 4.57 Å². The summed E-state index contributed by atoms with van der Waals surface area (Å²) >= 11 is 0. The number of hydrogen-bond donors (Lipinski definition) is 3. The van der Waals surface area contributed by atoms with Crippen LogP contribution in [0.4, 0.5) is 0 Å². The number of nitrogens with zero attached hydrogens (tertiary/aromatic N) is 2. The molecule has 4 atom stereocenters. The van der Waals surface area contributed by atoms with Gasteiger partial charge in [-0.3, -0.25) is 9.36 Å². The molecule has 0 amide bonds. The highest BCUT2D eigenvalue weighted by atomic mass is 16.6. The average molecular weight is 228 g/mol. The van der Waals surface area contributed by atoms with E-state index in [1.807, 2.05) is 0 Å². The maximum absolute atomic E-state index is 11.4. The zero-order valence-electron chi connectivity index (χ0n) is 8.30. The van der Waals surface area contributed by atoms with Crippen LogP contribution in [0.15, 0.2) is 23.4 Å². The molecule has 0 bridgehead atoms. The fourth-order valence-electron chi connectivity index (χ4n) is 1.66. The summed E-state index contributed by atoms with van der Waals surface area (Å²) in [7, 11) is 0. The quantitative estimate of drug-likeness (QED) is 0.533. The van der Waals surface area contributed by atoms with E-state index >= 15 is 0 Å². The Morgan fingerprint density at radius 1 is 1.44 bits per heavy atom. The lowest BCUT2D eigenvalue weighted by Gasteiger charge is -2.16. The summed E-state index contributed by atoms with van der Waals surface area (Å²) in [5.74, 6) is 0. The predicted molar refractivity (Wildman–Crippen MR) is 51.5 cm³/mol. The monoisotopic (exact) mass is 228 g/mol. The topological polar surface area (TPSA) is 105 Å². The van der Waals surface area contributed by atoms with Crippen LogP contribution >= 0.6 is 0 Å². The van der Waals surface area contributed by atoms with Gasteiger partial charge in [-0.15, -0.1) is 0 Å². The molecule has 0 saturated carbocycles. The number of ether oxygens (including phenoxy) is 1. The third-order valence-electron chi connectivity index (χ3n) is 2.54. The highest BCUT2D eigenvalue weighted by molar-refractivity contribution is 4.92. The maximum atomic E-state index is 11.4. The van der Waals surface area contributed by atoms with Gasteiger partial charge >= 0.3 is 0 Å². The van der Waals surface area contributed by atoms with E-state index in [1.165, 1.54) is 18.6 Å². The fourth-order valence-corrected chi connectivity index (χ4v) is 1.66. The highest BCUT2D eigenvalue weighted by Gasteiger charge is 2.43. The van der Waals surface area contributed by atoms with Crippen LogP contribution in [0.2, 0.25) is 0 Å². The van der Waals surface area contributed by atoms with Crippen LogP contribution in [0.1, 0.15) is 6.23 Å². The highest BCUT2D eigenvalue weighted by Crippen LogP contribution is 2.27. The summed E-state index contributed by atoms with van der Waals surface area (Å²) < 4.78 is 6.25. The van der Waals surface area contributed by atoms with E-state index < -0.39 is 36.7 Å². The van der Waals surface area contributed by atoms with E-state index in [0.29, 0.717) is 0 Å². The van der Waals surface area contributed by atoms with Crippen molar-refractivity contribution in [3.8, 4) is 0 Å². The van der Waals surface area contributed by atoms with Gasteiger partial charge in [-0.05, 0) is 0 Å². The molecule has 1 aliphatic heterocycles. The molecule has 0 spiro atoms. The van der Waals surface area contributed by atoms with E-state index in [-0.39, 0.29) is 0 Å². The van der Waals surface area contributed by atoms with E-state index in [4.69, 9.17) is 9.84 Å². The van der Waals surface area contributed by atoms with Gasteiger partial charge in [0.2, 0.25) is 0 Å². The summed E-state index contributed by atoms with van der Waals surface area (Å²) in [6.45, 7) is -0.427. The third kappa shape index (κ3) is 1.74. The first-order valence-corrected chi connectivity index (χ1v) is 4.79. The SMILES string of the molecule is O=c1ccncn1[C@@H]1O[C@H](CO)[C@@H](O)[C@H]1O. The Kier molecular flexibility index (Phi) is 3.01. The molecule has 7 nitrogen and oxygen atoms in total. The van der Waals surface area contributed by atoms with Crippen LogP contribution in [0, 0.1) is 0 Å². The summed E-state index contributed by atoms with van der Waals surface area (Å²) in [6.07, 6.45) is -1.87. The minimum atomic E-state index is -1.26. The van der Waals surface area contributed by atoms with Crippen LogP contribution < -0.4 is 5.56 Å². The molecule has 2 heterocycles. The van der Waals surface area contributed by atoms with Crippen molar-refractivity contribution in [2.75, 3.05) is 6.61 Å². The third-order valence-corrected chi connectivity index (χ3v) is 2.54. The van der Waals surface area contributed by atoms with Gasteiger partial charge in [-0.1, -0.05) is 0 Å². The molecule has 0 unspecified atom stereocenters. The Morgan fingerprint density at radius 2 is 2.19 bits per heavy atom. The van der Waals surface area contributed by atoms with E-state index in [1.54, 1.807) is 0 Å². The van der Waals surface area contributed by atoms with E-state index in [9.17, 15) is 15.0 Å². The van der Waals surface area contributed by atoms with E-state index in [2.05, 4.69) is 4.98 Å². The van der Waals surface area contributed by atoms with Gasteiger partial charge in [0.25, 0.3) is 5.56 Å². The van der Waals surface area contributed by atoms with Crippen LogP contribution in [-0.2, 0) is 4.74 Å². The lowest BCUT2D eigenvalue weighted by Crippen LogP contribution is -2.35. The largest absolute Gasteiger partial charge is 0.394 e. The number of rotatable bonds is 2. The molecule has 1 aliphatic rings.